The van der Waals surface area contributed by atoms with Gasteiger partial charge in [0, 0.05) is 22.7 Å². The molecule has 2 aromatic rings. The Morgan fingerprint density at radius 2 is 2.10 bits per heavy atom. The van der Waals surface area contributed by atoms with Crippen LogP contribution in [-0.2, 0) is 21.5 Å². The summed E-state index contributed by atoms with van der Waals surface area (Å²) in [7, 11) is -1.12. The summed E-state index contributed by atoms with van der Waals surface area (Å²) in [6.07, 6.45) is 0.390. The van der Waals surface area contributed by atoms with Crippen molar-refractivity contribution in [3.05, 3.63) is 58.6 Å². The molecule has 0 saturated carbocycles. The number of fused-ring (bicyclic) bond motifs is 3. The van der Waals surface area contributed by atoms with Crippen molar-refractivity contribution in [1.82, 2.24) is 0 Å². The SMILES string of the molecule is O=C1Nc2cc(Cl)ccc2C12Cc1ccccc1B(O)O2. The van der Waals surface area contributed by atoms with Crippen LogP contribution in [0.3, 0.4) is 0 Å². The Hall–Kier alpha value is -1.82. The zero-order chi connectivity index (χ0) is 14.6. The zero-order valence-corrected chi connectivity index (χ0v) is 11.7. The van der Waals surface area contributed by atoms with Crippen LogP contribution in [0.25, 0.3) is 0 Å². The molecule has 104 valence electrons. The van der Waals surface area contributed by atoms with E-state index in [1.54, 1.807) is 18.2 Å². The maximum Gasteiger partial charge on any atom is 0.492 e. The van der Waals surface area contributed by atoms with Crippen molar-refractivity contribution in [3.8, 4) is 0 Å². The fourth-order valence-corrected chi connectivity index (χ4v) is 3.28. The molecule has 2 aliphatic rings. The number of hydrogen-bond donors (Lipinski definition) is 2. The fourth-order valence-electron chi connectivity index (χ4n) is 3.11. The van der Waals surface area contributed by atoms with E-state index in [0.29, 0.717) is 28.2 Å². The normalized spacial score (nSPS) is 23.0. The van der Waals surface area contributed by atoms with Gasteiger partial charge in [-0.05, 0) is 23.2 Å². The minimum absolute atomic E-state index is 0.270. The predicted octanol–water partition coefficient (Wildman–Crippen LogP) is 1.45. The van der Waals surface area contributed by atoms with Gasteiger partial charge >= 0.3 is 7.12 Å². The van der Waals surface area contributed by atoms with Gasteiger partial charge in [-0.1, -0.05) is 41.9 Å². The minimum atomic E-state index is -1.19. The van der Waals surface area contributed by atoms with E-state index in [4.69, 9.17) is 16.3 Å². The number of carbonyl (C=O) groups is 1. The molecule has 21 heavy (non-hydrogen) atoms. The third-order valence-electron chi connectivity index (χ3n) is 4.11. The average molecular weight is 300 g/mol. The minimum Gasteiger partial charge on any atom is -0.423 e. The molecule has 0 saturated heterocycles. The van der Waals surface area contributed by atoms with Crippen LogP contribution in [-0.4, -0.2) is 18.0 Å². The number of anilines is 1. The maximum atomic E-state index is 12.5. The van der Waals surface area contributed by atoms with Gasteiger partial charge in [-0.25, -0.2) is 0 Å². The Morgan fingerprint density at radius 3 is 2.95 bits per heavy atom. The molecule has 0 aromatic heterocycles. The predicted molar refractivity (Wildman–Crippen MR) is 80.6 cm³/mol. The lowest BCUT2D eigenvalue weighted by atomic mass is 9.68. The number of hydrogen-bond acceptors (Lipinski definition) is 3. The maximum absolute atomic E-state index is 12.5. The van der Waals surface area contributed by atoms with Crippen molar-refractivity contribution < 1.29 is 14.5 Å². The summed E-state index contributed by atoms with van der Waals surface area (Å²) in [5, 5.41) is 13.6. The smallest absolute Gasteiger partial charge is 0.423 e. The van der Waals surface area contributed by atoms with Gasteiger partial charge in [-0.3, -0.25) is 4.79 Å². The average Bonchev–Trinajstić information content (AvgIpc) is 2.70. The van der Waals surface area contributed by atoms with E-state index in [9.17, 15) is 9.82 Å². The van der Waals surface area contributed by atoms with Crippen molar-refractivity contribution in [2.75, 3.05) is 5.32 Å². The molecule has 2 aliphatic heterocycles. The van der Waals surface area contributed by atoms with Gasteiger partial charge in [-0.15, -0.1) is 0 Å². The van der Waals surface area contributed by atoms with Gasteiger partial charge in [0.05, 0.1) is 0 Å². The number of halogens is 1. The van der Waals surface area contributed by atoms with Crippen LogP contribution in [0, 0.1) is 0 Å². The number of carbonyl (C=O) groups excluding carboxylic acids is 1. The molecule has 0 bridgehead atoms. The standard InChI is InChI=1S/C15H11BClNO3/c17-10-5-6-11-13(7-10)18-14(19)15(11)8-9-3-1-2-4-12(9)16(20)21-15/h1-7,20H,8H2,(H,18,19). The third kappa shape index (κ3) is 1.75. The summed E-state index contributed by atoms with van der Waals surface area (Å²) in [5.41, 5.74) is 1.78. The molecule has 4 rings (SSSR count). The lowest BCUT2D eigenvalue weighted by Crippen LogP contribution is -2.54. The van der Waals surface area contributed by atoms with E-state index < -0.39 is 12.7 Å². The van der Waals surface area contributed by atoms with E-state index >= 15 is 0 Å². The van der Waals surface area contributed by atoms with Crippen LogP contribution in [0.1, 0.15) is 11.1 Å². The Labute approximate surface area is 126 Å². The Morgan fingerprint density at radius 1 is 1.29 bits per heavy atom. The first-order chi connectivity index (χ1) is 10.1. The van der Waals surface area contributed by atoms with Gasteiger partial charge in [0.15, 0.2) is 5.60 Å². The van der Waals surface area contributed by atoms with Gasteiger partial charge in [0.25, 0.3) is 5.91 Å². The van der Waals surface area contributed by atoms with Gasteiger partial charge in [-0.2, -0.15) is 0 Å². The molecule has 0 radical (unpaired) electrons. The summed E-state index contributed by atoms with van der Waals surface area (Å²) >= 11 is 5.97. The third-order valence-corrected chi connectivity index (χ3v) is 4.34. The highest BCUT2D eigenvalue weighted by Gasteiger charge is 2.53. The highest BCUT2D eigenvalue weighted by Crippen LogP contribution is 2.43. The van der Waals surface area contributed by atoms with Crippen LogP contribution in [0.2, 0.25) is 5.02 Å². The lowest BCUT2D eigenvalue weighted by molar-refractivity contribution is -0.132. The van der Waals surface area contributed by atoms with E-state index in [1.807, 2.05) is 24.3 Å². The second-order valence-corrected chi connectivity index (χ2v) is 5.75. The number of benzene rings is 2. The molecule has 0 aliphatic carbocycles. The van der Waals surface area contributed by atoms with Crippen molar-refractivity contribution in [1.29, 1.82) is 0 Å². The summed E-state index contributed by atoms with van der Waals surface area (Å²) in [5.74, 6) is -0.270. The second kappa shape index (κ2) is 4.34. The first kappa shape index (κ1) is 12.9. The van der Waals surface area contributed by atoms with Gasteiger partial charge in [0.2, 0.25) is 0 Å². The van der Waals surface area contributed by atoms with Crippen molar-refractivity contribution in [3.63, 3.8) is 0 Å². The van der Waals surface area contributed by atoms with Crippen LogP contribution in [0.15, 0.2) is 42.5 Å². The van der Waals surface area contributed by atoms with Gasteiger partial charge in [0.1, 0.15) is 0 Å². The molecule has 1 atom stereocenters. The Balaban J connectivity index is 1.89. The van der Waals surface area contributed by atoms with E-state index in [1.165, 1.54) is 0 Å². The molecular formula is C15H11BClNO3. The molecule has 1 unspecified atom stereocenters. The summed E-state index contributed by atoms with van der Waals surface area (Å²) in [6.45, 7) is 0. The molecule has 2 N–H and O–H groups in total. The molecule has 6 heteroatoms. The van der Waals surface area contributed by atoms with Gasteiger partial charge < -0.3 is 15.0 Å². The molecule has 2 aromatic carbocycles. The van der Waals surface area contributed by atoms with Crippen molar-refractivity contribution in [2.24, 2.45) is 0 Å². The van der Waals surface area contributed by atoms with Crippen molar-refractivity contribution in [2.45, 2.75) is 12.0 Å². The topological polar surface area (TPSA) is 58.6 Å². The Kier molecular flexibility index (Phi) is 2.66. The first-order valence-corrected chi connectivity index (χ1v) is 7.03. The first-order valence-electron chi connectivity index (χ1n) is 6.65. The van der Waals surface area contributed by atoms with E-state index in [2.05, 4.69) is 5.32 Å². The monoisotopic (exact) mass is 299 g/mol. The van der Waals surface area contributed by atoms with Crippen LogP contribution in [0.5, 0.6) is 0 Å². The highest BCUT2D eigenvalue weighted by molar-refractivity contribution is 6.61. The lowest BCUT2D eigenvalue weighted by Gasteiger charge is -2.35. The number of rotatable bonds is 0. The summed E-state index contributed by atoms with van der Waals surface area (Å²) in [6, 6.07) is 12.6. The van der Waals surface area contributed by atoms with Crippen molar-refractivity contribution >= 4 is 35.8 Å². The molecule has 2 heterocycles. The summed E-state index contributed by atoms with van der Waals surface area (Å²) in [4.78, 5) is 12.5. The second-order valence-electron chi connectivity index (χ2n) is 5.32. The molecular weight excluding hydrogens is 288 g/mol. The zero-order valence-electron chi connectivity index (χ0n) is 11.0. The molecule has 1 amide bonds. The van der Waals surface area contributed by atoms with Crippen LogP contribution >= 0.6 is 11.6 Å². The summed E-state index contributed by atoms with van der Waals surface area (Å²) < 4.78 is 5.74. The van der Waals surface area contributed by atoms with E-state index in [0.717, 1.165) is 5.56 Å². The fraction of sp³-hybridized carbons (Fsp3) is 0.133. The molecule has 1 spiro atoms. The number of amides is 1. The van der Waals surface area contributed by atoms with Crippen LogP contribution in [0.4, 0.5) is 5.69 Å². The highest BCUT2D eigenvalue weighted by atomic mass is 35.5. The van der Waals surface area contributed by atoms with E-state index in [-0.39, 0.29) is 5.91 Å². The molecule has 4 nitrogen and oxygen atoms in total. The molecule has 0 fully saturated rings. The Bertz CT molecular complexity index is 766. The quantitative estimate of drug-likeness (QED) is 0.724. The number of nitrogens with one attached hydrogen (secondary N) is 1. The largest absolute Gasteiger partial charge is 0.492 e. The van der Waals surface area contributed by atoms with Crippen LogP contribution < -0.4 is 10.8 Å².